The van der Waals surface area contributed by atoms with Crippen LogP contribution in [0.3, 0.4) is 0 Å². The van der Waals surface area contributed by atoms with E-state index in [1.807, 2.05) is 0 Å². The minimum Gasteiger partial charge on any atom is -0.543 e. The number of oxime groups is 1. The second kappa shape index (κ2) is 10.9. The van der Waals surface area contributed by atoms with Gasteiger partial charge in [-0.1, -0.05) is 5.16 Å². The molecule has 4 heterocycles. The summed E-state index contributed by atoms with van der Waals surface area (Å²) in [5, 5.41) is 21.8. The van der Waals surface area contributed by atoms with Crippen LogP contribution in [-0.4, -0.2) is 76.2 Å². The monoisotopic (exact) mass is 518 g/mol. The molecule has 0 unspecified atom stereocenters. The van der Waals surface area contributed by atoms with E-state index in [2.05, 4.69) is 20.8 Å². The van der Waals surface area contributed by atoms with Gasteiger partial charge >= 0.3 is 29.6 Å². The van der Waals surface area contributed by atoms with Crippen molar-refractivity contribution in [1.29, 1.82) is 0 Å². The van der Waals surface area contributed by atoms with Gasteiger partial charge in [-0.2, -0.15) is 0 Å². The van der Waals surface area contributed by atoms with E-state index in [9.17, 15) is 24.3 Å². The first-order valence-electron chi connectivity index (χ1n) is 9.74. The largest absolute Gasteiger partial charge is 1.00 e. The van der Waals surface area contributed by atoms with Crippen molar-refractivity contribution in [3.05, 3.63) is 22.5 Å². The molecule has 4 N–H and O–H groups in total. The third kappa shape index (κ3) is 5.17. The number of nitrogens with two attached hydrogens (primary N) is 1. The molecule has 3 atom stereocenters. The number of carbonyl (C=O) groups is 4. The number of fused-ring (bicyclic) bond motifs is 1. The SMILES string of the molecule is CO/N=C(\C(=O)N[C@@H]1C(=O)N2C(C(=O)[O-])=C(OC[C@@H]3CCC(=O)N3)CS[C@@H]12)c1csc(N)n1.[Na+]. The van der Waals surface area contributed by atoms with E-state index in [4.69, 9.17) is 15.3 Å². The normalized spacial score (nSPS) is 24.0. The number of carboxylic acid groups (broad SMARTS) is 1. The number of thiazole rings is 1. The fourth-order valence-electron chi connectivity index (χ4n) is 3.60. The van der Waals surface area contributed by atoms with E-state index in [0.717, 1.165) is 16.2 Å². The van der Waals surface area contributed by atoms with Crippen LogP contribution in [0.25, 0.3) is 0 Å². The van der Waals surface area contributed by atoms with Crippen LogP contribution in [0.4, 0.5) is 5.13 Å². The standard InChI is InChI=1S/C18H20N6O7S2.Na/c1-30-23-11(8-5-33-18(19)21-8)14(26)22-12-15(27)24-13(17(28)29)9(6-32-16(12)24)31-4-7-2-3-10(25)20-7;/h5,7,12,16H,2-4,6H2,1H3,(H2,19,21)(H,20,25)(H,22,26)(H,28,29);/q;+1/p-1/b23-11-;/t7-,12+,16-;/m0./s1. The topological polar surface area (TPSA) is 188 Å². The van der Waals surface area contributed by atoms with Crippen molar-refractivity contribution in [2.45, 2.75) is 30.3 Å². The van der Waals surface area contributed by atoms with Crippen LogP contribution in [0.2, 0.25) is 0 Å². The maximum absolute atomic E-state index is 12.8. The Morgan fingerprint density at radius 1 is 1.44 bits per heavy atom. The van der Waals surface area contributed by atoms with Crippen LogP contribution in [0.15, 0.2) is 22.0 Å². The molecule has 13 nitrogen and oxygen atoms in total. The van der Waals surface area contributed by atoms with Crippen LogP contribution < -0.4 is 51.0 Å². The van der Waals surface area contributed by atoms with Crippen LogP contribution in [0.5, 0.6) is 0 Å². The van der Waals surface area contributed by atoms with Gasteiger partial charge < -0.3 is 35.8 Å². The Labute approximate surface area is 223 Å². The summed E-state index contributed by atoms with van der Waals surface area (Å²) in [7, 11) is 1.26. The maximum Gasteiger partial charge on any atom is 1.00 e. The number of aliphatic carboxylic acids is 1. The molecule has 16 heteroatoms. The zero-order chi connectivity index (χ0) is 23.7. The smallest absolute Gasteiger partial charge is 0.543 e. The summed E-state index contributed by atoms with van der Waals surface area (Å²) in [6.07, 6.45) is 0.959. The number of ether oxygens (including phenoxy) is 1. The molecule has 2 saturated heterocycles. The van der Waals surface area contributed by atoms with Crippen molar-refractivity contribution < 1.29 is 63.4 Å². The molecule has 34 heavy (non-hydrogen) atoms. The summed E-state index contributed by atoms with van der Waals surface area (Å²) in [6.45, 7) is 0.0822. The Hall–Kier alpha value is -2.33. The molecule has 0 spiro atoms. The first-order chi connectivity index (χ1) is 15.8. The van der Waals surface area contributed by atoms with Gasteiger partial charge in [0.25, 0.3) is 11.8 Å². The Kier molecular flexibility index (Phi) is 8.46. The molecule has 0 bridgehead atoms. The molecule has 4 rings (SSSR count). The third-order valence-electron chi connectivity index (χ3n) is 5.12. The Morgan fingerprint density at radius 2 is 2.21 bits per heavy atom. The predicted octanol–water partition coefficient (Wildman–Crippen LogP) is -5.26. The van der Waals surface area contributed by atoms with Crippen LogP contribution in [-0.2, 0) is 28.8 Å². The van der Waals surface area contributed by atoms with Gasteiger partial charge in [-0.15, -0.1) is 23.1 Å². The maximum atomic E-state index is 12.8. The van der Waals surface area contributed by atoms with Crippen molar-refractivity contribution in [3.63, 3.8) is 0 Å². The van der Waals surface area contributed by atoms with Crippen molar-refractivity contribution >= 4 is 57.6 Å². The van der Waals surface area contributed by atoms with Gasteiger partial charge in [-0.3, -0.25) is 19.3 Å². The van der Waals surface area contributed by atoms with Gasteiger partial charge in [0.15, 0.2) is 10.8 Å². The van der Waals surface area contributed by atoms with E-state index in [-0.39, 0.29) is 81.9 Å². The number of nitrogens with one attached hydrogen (secondary N) is 2. The Morgan fingerprint density at radius 3 is 2.79 bits per heavy atom. The molecule has 3 amide bonds. The number of hydrogen-bond donors (Lipinski definition) is 3. The van der Waals surface area contributed by atoms with Gasteiger partial charge in [-0.05, 0) is 6.42 Å². The van der Waals surface area contributed by atoms with Gasteiger partial charge in [0, 0.05) is 11.8 Å². The number of nitrogen functional groups attached to an aromatic ring is 1. The number of carbonyl (C=O) groups excluding carboxylic acids is 4. The second-order valence-corrected chi connectivity index (χ2v) is 9.22. The van der Waals surface area contributed by atoms with Crippen LogP contribution >= 0.6 is 23.1 Å². The number of β-lactam (4-membered cyclic amide) rings is 1. The molecular formula is C18H19N6NaO7S2. The summed E-state index contributed by atoms with van der Waals surface area (Å²) in [6, 6.07) is -1.22. The van der Waals surface area contributed by atoms with E-state index in [1.54, 1.807) is 0 Å². The average molecular weight is 519 g/mol. The molecule has 1 aromatic rings. The number of anilines is 1. The van der Waals surface area contributed by atoms with E-state index in [0.29, 0.717) is 12.8 Å². The Balaban J connectivity index is 0.00000324. The fraction of sp³-hybridized carbons (Fsp3) is 0.444. The molecule has 1 aromatic heterocycles. The number of rotatable bonds is 8. The summed E-state index contributed by atoms with van der Waals surface area (Å²) >= 11 is 2.33. The molecule has 0 radical (unpaired) electrons. The molecule has 3 aliphatic rings. The van der Waals surface area contributed by atoms with Gasteiger partial charge in [0.2, 0.25) is 5.91 Å². The quantitative estimate of drug-likeness (QED) is 0.130. The number of hydrogen-bond acceptors (Lipinski definition) is 12. The zero-order valence-corrected chi connectivity index (χ0v) is 21.9. The minimum absolute atomic E-state index is 0. The summed E-state index contributed by atoms with van der Waals surface area (Å²) in [5.74, 6) is -2.79. The number of amides is 3. The molecule has 0 saturated carbocycles. The number of nitrogens with zero attached hydrogens (tertiary/aromatic N) is 3. The second-order valence-electron chi connectivity index (χ2n) is 7.23. The predicted molar refractivity (Wildman–Crippen MR) is 114 cm³/mol. The van der Waals surface area contributed by atoms with Gasteiger partial charge in [-0.25, -0.2) is 4.98 Å². The first-order valence-corrected chi connectivity index (χ1v) is 11.7. The number of aromatic nitrogens is 1. The van der Waals surface area contributed by atoms with Crippen LogP contribution in [0, 0.1) is 0 Å². The van der Waals surface area contributed by atoms with Crippen LogP contribution in [0.1, 0.15) is 18.5 Å². The van der Waals surface area contributed by atoms with Crippen molar-refractivity contribution in [2.75, 3.05) is 25.2 Å². The van der Waals surface area contributed by atoms with Crippen molar-refractivity contribution in [1.82, 2.24) is 20.5 Å². The van der Waals surface area contributed by atoms with E-state index in [1.165, 1.54) is 24.3 Å². The number of thioether (sulfide) groups is 1. The van der Waals surface area contributed by atoms with Crippen molar-refractivity contribution in [2.24, 2.45) is 5.16 Å². The molecule has 0 aliphatic carbocycles. The first kappa shape index (κ1) is 26.3. The molecule has 3 aliphatic heterocycles. The zero-order valence-electron chi connectivity index (χ0n) is 18.2. The molecule has 2 fully saturated rings. The number of carboxylic acids is 1. The third-order valence-corrected chi connectivity index (χ3v) is 7.05. The summed E-state index contributed by atoms with van der Waals surface area (Å²) in [4.78, 5) is 58.4. The minimum atomic E-state index is -1.57. The van der Waals surface area contributed by atoms with Gasteiger partial charge in [0.1, 0.15) is 42.3 Å². The van der Waals surface area contributed by atoms with E-state index >= 15 is 0 Å². The Bertz CT molecular complexity index is 1080. The molecular weight excluding hydrogens is 499 g/mol. The summed E-state index contributed by atoms with van der Waals surface area (Å²) < 4.78 is 5.62. The molecule has 0 aromatic carbocycles. The van der Waals surface area contributed by atoms with E-state index < -0.39 is 29.2 Å². The van der Waals surface area contributed by atoms with Crippen molar-refractivity contribution in [3.8, 4) is 0 Å². The molecule has 176 valence electrons. The fourth-order valence-corrected chi connectivity index (χ4v) is 5.42. The van der Waals surface area contributed by atoms with Gasteiger partial charge in [0.05, 0.1) is 17.8 Å². The summed E-state index contributed by atoms with van der Waals surface area (Å²) in [5.41, 5.74) is 5.24. The average Bonchev–Trinajstić information content (AvgIpc) is 3.40.